The lowest BCUT2D eigenvalue weighted by molar-refractivity contribution is -0.384. The van der Waals surface area contributed by atoms with Crippen molar-refractivity contribution in [2.45, 2.75) is 6.92 Å². The summed E-state index contributed by atoms with van der Waals surface area (Å²) < 4.78 is 1.74. The summed E-state index contributed by atoms with van der Waals surface area (Å²) >= 11 is 0. The Morgan fingerprint density at radius 3 is 2.76 bits per heavy atom. The third kappa shape index (κ3) is 2.08. The quantitative estimate of drug-likeness (QED) is 0.474. The average molecular weight is 233 g/mol. The number of nitrogen functional groups attached to an aromatic ring is 1. The number of imidazole rings is 1. The number of nitrogens with two attached hydrogens (primary N) is 1. The van der Waals surface area contributed by atoms with Crippen LogP contribution < -0.4 is 11.3 Å². The van der Waals surface area contributed by atoms with Gasteiger partial charge in [0.15, 0.2) is 0 Å². The van der Waals surface area contributed by atoms with Crippen molar-refractivity contribution in [1.82, 2.24) is 9.55 Å². The van der Waals surface area contributed by atoms with Gasteiger partial charge in [0.1, 0.15) is 5.82 Å². The molecule has 0 atom stereocenters. The largest absolute Gasteiger partial charge is 0.324 e. The van der Waals surface area contributed by atoms with Crippen LogP contribution >= 0.6 is 0 Å². The van der Waals surface area contributed by atoms with Gasteiger partial charge in [0.2, 0.25) is 0 Å². The fourth-order valence-corrected chi connectivity index (χ4v) is 1.57. The maximum atomic E-state index is 10.8. The van der Waals surface area contributed by atoms with Gasteiger partial charge in [-0.25, -0.2) is 4.98 Å². The second kappa shape index (κ2) is 4.22. The number of nitro benzene ring substituents is 1. The summed E-state index contributed by atoms with van der Waals surface area (Å²) in [7, 11) is 0. The maximum Gasteiger partial charge on any atom is 0.273 e. The number of benzene rings is 1. The molecule has 0 amide bonds. The number of hydrazine groups is 1. The van der Waals surface area contributed by atoms with E-state index in [4.69, 9.17) is 5.84 Å². The van der Waals surface area contributed by atoms with Crippen molar-refractivity contribution < 1.29 is 4.92 Å². The molecule has 2 rings (SSSR count). The first-order valence-electron chi connectivity index (χ1n) is 4.88. The van der Waals surface area contributed by atoms with Gasteiger partial charge in [-0.05, 0) is 13.0 Å². The van der Waals surface area contributed by atoms with Gasteiger partial charge in [0, 0.05) is 24.5 Å². The van der Waals surface area contributed by atoms with Crippen molar-refractivity contribution in [3.63, 3.8) is 0 Å². The van der Waals surface area contributed by atoms with Crippen LogP contribution in [0.25, 0.3) is 5.69 Å². The molecule has 0 fully saturated rings. The third-order valence-corrected chi connectivity index (χ3v) is 2.38. The van der Waals surface area contributed by atoms with E-state index in [1.807, 2.05) is 6.92 Å². The van der Waals surface area contributed by atoms with Gasteiger partial charge >= 0.3 is 0 Å². The van der Waals surface area contributed by atoms with E-state index in [0.717, 1.165) is 5.82 Å². The minimum Gasteiger partial charge on any atom is -0.324 e. The molecule has 3 N–H and O–H groups in total. The van der Waals surface area contributed by atoms with Crippen molar-refractivity contribution in [2.75, 3.05) is 5.43 Å². The summed E-state index contributed by atoms with van der Waals surface area (Å²) in [5.74, 6) is 6.03. The van der Waals surface area contributed by atoms with Gasteiger partial charge in [0.25, 0.3) is 5.69 Å². The van der Waals surface area contributed by atoms with Crippen molar-refractivity contribution in [2.24, 2.45) is 5.84 Å². The number of nitrogens with zero attached hydrogens (tertiary/aromatic N) is 3. The summed E-state index contributed by atoms with van der Waals surface area (Å²) in [5.41, 5.74) is 3.50. The monoisotopic (exact) mass is 233 g/mol. The van der Waals surface area contributed by atoms with Crippen LogP contribution in [-0.4, -0.2) is 14.5 Å². The van der Waals surface area contributed by atoms with E-state index in [9.17, 15) is 10.1 Å². The molecule has 0 saturated carbocycles. The lowest BCUT2D eigenvalue weighted by Crippen LogP contribution is -2.08. The SMILES string of the molecule is Cc1nccn1-c1cc(NN)cc([N+](=O)[O-])c1. The Bertz CT molecular complexity index is 564. The average Bonchev–Trinajstić information content (AvgIpc) is 2.74. The molecule has 1 aromatic heterocycles. The summed E-state index contributed by atoms with van der Waals surface area (Å²) in [5, 5.41) is 10.8. The molecule has 88 valence electrons. The maximum absolute atomic E-state index is 10.8. The van der Waals surface area contributed by atoms with E-state index in [-0.39, 0.29) is 5.69 Å². The van der Waals surface area contributed by atoms with E-state index in [2.05, 4.69) is 10.4 Å². The molecule has 0 bridgehead atoms. The number of anilines is 1. The minimum atomic E-state index is -0.462. The molecule has 7 heteroatoms. The van der Waals surface area contributed by atoms with Crippen LogP contribution in [0.5, 0.6) is 0 Å². The van der Waals surface area contributed by atoms with Crippen LogP contribution in [0, 0.1) is 17.0 Å². The Morgan fingerprint density at radius 1 is 1.47 bits per heavy atom. The number of hydrogen-bond acceptors (Lipinski definition) is 5. The van der Waals surface area contributed by atoms with E-state index in [1.54, 1.807) is 23.0 Å². The minimum absolute atomic E-state index is 0.0245. The number of rotatable bonds is 3. The molecule has 0 aliphatic heterocycles. The second-order valence-corrected chi connectivity index (χ2v) is 3.48. The topological polar surface area (TPSA) is 99.0 Å². The Morgan fingerprint density at radius 2 is 2.24 bits per heavy atom. The van der Waals surface area contributed by atoms with Crippen molar-refractivity contribution in [3.05, 3.63) is 46.5 Å². The second-order valence-electron chi connectivity index (χ2n) is 3.48. The van der Waals surface area contributed by atoms with Gasteiger partial charge in [-0.15, -0.1) is 0 Å². The lowest BCUT2D eigenvalue weighted by Gasteiger charge is -2.07. The number of nitro groups is 1. The number of non-ortho nitro benzene ring substituents is 1. The number of aryl methyl sites for hydroxylation is 1. The first-order valence-corrected chi connectivity index (χ1v) is 4.88. The number of nitrogens with one attached hydrogen (secondary N) is 1. The standard InChI is InChI=1S/C10H11N5O2/c1-7-12-2-3-14(7)9-4-8(13-11)5-10(6-9)15(16)17/h2-6,13H,11H2,1H3. The van der Waals surface area contributed by atoms with E-state index in [0.29, 0.717) is 11.4 Å². The van der Waals surface area contributed by atoms with Gasteiger partial charge < -0.3 is 9.99 Å². The molecule has 7 nitrogen and oxygen atoms in total. The van der Waals surface area contributed by atoms with Crippen LogP contribution in [0.4, 0.5) is 11.4 Å². The zero-order valence-electron chi connectivity index (χ0n) is 9.12. The molecule has 0 unspecified atom stereocenters. The summed E-state index contributed by atoms with van der Waals surface area (Å²) in [6, 6.07) is 4.55. The molecule has 17 heavy (non-hydrogen) atoms. The highest BCUT2D eigenvalue weighted by Crippen LogP contribution is 2.23. The third-order valence-electron chi connectivity index (χ3n) is 2.38. The Balaban J connectivity index is 2.58. The van der Waals surface area contributed by atoms with Crippen LogP contribution in [0.15, 0.2) is 30.6 Å². The Kier molecular flexibility index (Phi) is 2.75. The van der Waals surface area contributed by atoms with Crippen molar-refractivity contribution in [3.8, 4) is 5.69 Å². The van der Waals surface area contributed by atoms with Crippen LogP contribution in [0.3, 0.4) is 0 Å². The Hall–Kier alpha value is -2.41. The van der Waals surface area contributed by atoms with E-state index in [1.165, 1.54) is 12.1 Å². The molecule has 0 aliphatic carbocycles. The molecule has 0 aliphatic rings. The van der Waals surface area contributed by atoms with Gasteiger partial charge in [-0.3, -0.25) is 16.0 Å². The first-order chi connectivity index (χ1) is 8.11. The smallest absolute Gasteiger partial charge is 0.273 e. The highest BCUT2D eigenvalue weighted by molar-refractivity contribution is 5.58. The predicted octanol–water partition coefficient (Wildman–Crippen LogP) is 1.37. The fraction of sp³-hybridized carbons (Fsp3) is 0.100. The van der Waals surface area contributed by atoms with E-state index >= 15 is 0 Å². The Labute approximate surface area is 97.0 Å². The number of hydrogen-bond donors (Lipinski definition) is 2. The van der Waals surface area contributed by atoms with Gasteiger partial charge in [-0.1, -0.05) is 0 Å². The molecule has 0 spiro atoms. The predicted molar refractivity (Wildman–Crippen MR) is 62.8 cm³/mol. The van der Waals surface area contributed by atoms with Gasteiger partial charge in [-0.2, -0.15) is 0 Å². The van der Waals surface area contributed by atoms with E-state index < -0.39 is 4.92 Å². The summed E-state index contributed by atoms with van der Waals surface area (Å²) in [6.45, 7) is 1.81. The zero-order chi connectivity index (χ0) is 12.4. The molecular weight excluding hydrogens is 222 g/mol. The summed E-state index contributed by atoms with van der Waals surface area (Å²) in [4.78, 5) is 14.4. The molecule has 0 saturated heterocycles. The van der Waals surface area contributed by atoms with Crippen molar-refractivity contribution >= 4 is 11.4 Å². The normalized spacial score (nSPS) is 10.2. The molecule has 1 heterocycles. The highest BCUT2D eigenvalue weighted by atomic mass is 16.6. The van der Waals surface area contributed by atoms with Crippen molar-refractivity contribution in [1.29, 1.82) is 0 Å². The molecular formula is C10H11N5O2. The van der Waals surface area contributed by atoms with Crippen LogP contribution in [0.2, 0.25) is 0 Å². The molecule has 0 radical (unpaired) electrons. The lowest BCUT2D eigenvalue weighted by atomic mass is 10.2. The number of aromatic nitrogens is 2. The van der Waals surface area contributed by atoms with Gasteiger partial charge in [0.05, 0.1) is 16.3 Å². The fourth-order valence-electron chi connectivity index (χ4n) is 1.57. The highest BCUT2D eigenvalue weighted by Gasteiger charge is 2.11. The van der Waals surface area contributed by atoms with Crippen LogP contribution in [0.1, 0.15) is 5.82 Å². The molecule has 2 aromatic rings. The zero-order valence-corrected chi connectivity index (χ0v) is 9.12. The first kappa shape index (κ1) is 11.1. The van der Waals surface area contributed by atoms with Crippen LogP contribution in [-0.2, 0) is 0 Å². The summed E-state index contributed by atoms with van der Waals surface area (Å²) in [6.07, 6.45) is 3.36. The molecule has 1 aromatic carbocycles.